The first-order valence-corrected chi connectivity index (χ1v) is 7.16. The maximum absolute atomic E-state index is 13.1. The Labute approximate surface area is 115 Å². The van der Waals surface area contributed by atoms with Gasteiger partial charge < -0.3 is 5.11 Å². The van der Waals surface area contributed by atoms with Crippen LogP contribution in [0.2, 0.25) is 5.02 Å². The van der Waals surface area contributed by atoms with Crippen molar-refractivity contribution in [3.05, 3.63) is 29.0 Å². The molecule has 0 saturated carbocycles. The molecule has 19 heavy (non-hydrogen) atoms. The van der Waals surface area contributed by atoms with Crippen LogP contribution in [0.15, 0.2) is 23.1 Å². The van der Waals surface area contributed by atoms with Crippen molar-refractivity contribution in [1.82, 2.24) is 4.31 Å². The molecule has 8 heteroatoms. The maximum atomic E-state index is 13.1. The summed E-state index contributed by atoms with van der Waals surface area (Å²) >= 11 is 5.75. The van der Waals surface area contributed by atoms with Gasteiger partial charge in [0.05, 0.1) is 5.02 Å². The molecule has 0 bridgehead atoms. The Balaban J connectivity index is 3.34. The van der Waals surface area contributed by atoms with Crippen molar-refractivity contribution >= 4 is 27.6 Å². The molecular formula is C11H13ClFNO4S. The predicted molar refractivity (Wildman–Crippen MR) is 68.1 cm³/mol. The lowest BCUT2D eigenvalue weighted by Gasteiger charge is -2.24. The fraction of sp³-hybridized carbons (Fsp3) is 0.364. The summed E-state index contributed by atoms with van der Waals surface area (Å²) in [7, 11) is -4.17. The van der Waals surface area contributed by atoms with Crippen LogP contribution in [0.25, 0.3) is 0 Å². The Hall–Kier alpha value is -1.18. The van der Waals surface area contributed by atoms with Gasteiger partial charge in [0.2, 0.25) is 10.0 Å². The van der Waals surface area contributed by atoms with Gasteiger partial charge in [0, 0.05) is 6.04 Å². The van der Waals surface area contributed by atoms with Gasteiger partial charge in [-0.3, -0.25) is 4.79 Å². The second-order valence-corrected chi connectivity index (χ2v) is 6.38. The normalized spacial score (nSPS) is 12.1. The molecule has 0 radical (unpaired) electrons. The van der Waals surface area contributed by atoms with E-state index in [0.717, 1.165) is 22.5 Å². The molecule has 0 saturated heterocycles. The predicted octanol–water partition coefficient (Wildman–Crippen LogP) is 1.96. The largest absolute Gasteiger partial charge is 0.480 e. The lowest BCUT2D eigenvalue weighted by atomic mass is 10.3. The van der Waals surface area contributed by atoms with Gasteiger partial charge >= 0.3 is 5.97 Å². The lowest BCUT2D eigenvalue weighted by Crippen LogP contribution is -2.40. The Bertz CT molecular complexity index is 588. The topological polar surface area (TPSA) is 74.7 Å². The van der Waals surface area contributed by atoms with Crippen LogP contribution in [0.3, 0.4) is 0 Å². The van der Waals surface area contributed by atoms with E-state index in [4.69, 9.17) is 16.7 Å². The smallest absolute Gasteiger partial charge is 0.318 e. The van der Waals surface area contributed by atoms with Crippen molar-refractivity contribution in [2.45, 2.75) is 24.8 Å². The van der Waals surface area contributed by atoms with Crippen molar-refractivity contribution in [1.29, 1.82) is 0 Å². The Morgan fingerprint density at radius 1 is 1.47 bits per heavy atom. The van der Waals surface area contributed by atoms with Crippen LogP contribution >= 0.6 is 11.6 Å². The minimum absolute atomic E-state index is 0.155. The third-order valence-electron chi connectivity index (χ3n) is 2.35. The molecule has 106 valence electrons. The summed E-state index contributed by atoms with van der Waals surface area (Å²) < 4.78 is 38.5. The van der Waals surface area contributed by atoms with Gasteiger partial charge in [-0.15, -0.1) is 0 Å². The number of benzene rings is 1. The van der Waals surface area contributed by atoms with Crippen molar-refractivity contribution in [3.8, 4) is 0 Å². The average Bonchev–Trinajstić information content (AvgIpc) is 2.28. The van der Waals surface area contributed by atoms with E-state index in [-0.39, 0.29) is 5.02 Å². The van der Waals surface area contributed by atoms with E-state index >= 15 is 0 Å². The zero-order valence-electron chi connectivity index (χ0n) is 10.3. The van der Waals surface area contributed by atoms with Crippen LogP contribution < -0.4 is 0 Å². The van der Waals surface area contributed by atoms with Crippen molar-refractivity contribution in [2.24, 2.45) is 0 Å². The highest BCUT2D eigenvalue weighted by molar-refractivity contribution is 7.89. The van der Waals surface area contributed by atoms with Gasteiger partial charge in [-0.25, -0.2) is 12.8 Å². The molecule has 0 aromatic heterocycles. The van der Waals surface area contributed by atoms with Crippen molar-refractivity contribution in [3.63, 3.8) is 0 Å². The summed E-state index contributed by atoms with van der Waals surface area (Å²) in [5.41, 5.74) is 0. The molecule has 0 fully saturated rings. The van der Waals surface area contributed by atoms with E-state index in [2.05, 4.69) is 0 Å². The molecule has 1 aromatic rings. The van der Waals surface area contributed by atoms with Gasteiger partial charge in [0.1, 0.15) is 17.3 Å². The minimum atomic E-state index is -4.17. The van der Waals surface area contributed by atoms with Gasteiger partial charge in [0.15, 0.2) is 0 Å². The summed E-state index contributed by atoms with van der Waals surface area (Å²) in [6.07, 6.45) is 0. The van der Waals surface area contributed by atoms with Crippen LogP contribution in [-0.2, 0) is 14.8 Å². The number of hydrogen-bond acceptors (Lipinski definition) is 3. The van der Waals surface area contributed by atoms with E-state index in [1.54, 1.807) is 0 Å². The third-order valence-corrected chi connectivity index (χ3v) is 4.85. The molecule has 5 nitrogen and oxygen atoms in total. The number of carboxylic acid groups (broad SMARTS) is 1. The molecule has 0 aliphatic rings. The number of nitrogens with zero attached hydrogens (tertiary/aromatic N) is 1. The number of sulfonamides is 1. The summed E-state index contributed by atoms with van der Waals surface area (Å²) in [5.74, 6) is -2.06. The number of carboxylic acids is 1. The summed E-state index contributed by atoms with van der Waals surface area (Å²) in [4.78, 5) is 10.3. The molecular weight excluding hydrogens is 297 g/mol. The van der Waals surface area contributed by atoms with Gasteiger partial charge in [-0.05, 0) is 32.0 Å². The van der Waals surface area contributed by atoms with Crippen LogP contribution in [-0.4, -0.2) is 36.4 Å². The van der Waals surface area contributed by atoms with Crippen LogP contribution in [0.5, 0.6) is 0 Å². The second-order valence-electron chi connectivity index (χ2n) is 4.11. The molecule has 0 heterocycles. The number of carbonyl (C=O) groups is 1. The average molecular weight is 310 g/mol. The van der Waals surface area contributed by atoms with Crippen molar-refractivity contribution < 1.29 is 22.7 Å². The SMILES string of the molecule is CC(C)N(CC(=O)O)S(=O)(=O)c1cc(F)ccc1Cl. The Morgan fingerprint density at radius 2 is 2.05 bits per heavy atom. The van der Waals surface area contributed by atoms with Gasteiger partial charge in [0.25, 0.3) is 0 Å². The van der Waals surface area contributed by atoms with E-state index in [0.29, 0.717) is 0 Å². The van der Waals surface area contributed by atoms with Crippen molar-refractivity contribution in [2.75, 3.05) is 6.54 Å². The molecule has 1 aromatic carbocycles. The highest BCUT2D eigenvalue weighted by atomic mass is 35.5. The van der Waals surface area contributed by atoms with Gasteiger partial charge in [-0.2, -0.15) is 4.31 Å². The van der Waals surface area contributed by atoms with E-state index < -0.39 is 39.3 Å². The molecule has 0 atom stereocenters. The fourth-order valence-corrected chi connectivity index (χ4v) is 3.55. The highest BCUT2D eigenvalue weighted by Gasteiger charge is 2.31. The molecule has 0 amide bonds. The molecule has 0 unspecified atom stereocenters. The third kappa shape index (κ3) is 3.65. The second kappa shape index (κ2) is 5.85. The summed E-state index contributed by atoms with van der Waals surface area (Å²) in [5, 5.41) is 8.60. The van der Waals surface area contributed by atoms with Crippen LogP contribution in [0.1, 0.15) is 13.8 Å². The minimum Gasteiger partial charge on any atom is -0.480 e. The number of hydrogen-bond donors (Lipinski definition) is 1. The molecule has 0 aliphatic heterocycles. The number of aliphatic carboxylic acids is 1. The number of rotatable bonds is 5. The molecule has 0 spiro atoms. The summed E-state index contributed by atoms with van der Waals surface area (Å²) in [6, 6.07) is 2.32. The number of halogens is 2. The molecule has 1 rings (SSSR count). The van der Waals surface area contributed by atoms with Gasteiger partial charge in [-0.1, -0.05) is 11.6 Å². The zero-order valence-corrected chi connectivity index (χ0v) is 11.9. The van der Waals surface area contributed by atoms with E-state index in [1.165, 1.54) is 13.8 Å². The van der Waals surface area contributed by atoms with Crippen LogP contribution in [0.4, 0.5) is 4.39 Å². The Kier molecular flexibility index (Phi) is 4.89. The standard InChI is InChI=1S/C11H13ClFNO4S/c1-7(2)14(6-11(15)16)19(17,18)10-5-8(13)3-4-9(10)12/h3-5,7H,6H2,1-2H3,(H,15,16). The quantitative estimate of drug-likeness (QED) is 0.902. The zero-order chi connectivity index (χ0) is 14.8. The van der Waals surface area contributed by atoms with E-state index in [9.17, 15) is 17.6 Å². The Morgan fingerprint density at radius 3 is 2.53 bits per heavy atom. The lowest BCUT2D eigenvalue weighted by molar-refractivity contribution is -0.137. The first-order chi connectivity index (χ1) is 8.66. The summed E-state index contributed by atoms with van der Waals surface area (Å²) in [6.45, 7) is 2.33. The molecule has 1 N–H and O–H groups in total. The monoisotopic (exact) mass is 309 g/mol. The maximum Gasteiger partial charge on any atom is 0.318 e. The first-order valence-electron chi connectivity index (χ1n) is 5.35. The highest BCUT2D eigenvalue weighted by Crippen LogP contribution is 2.26. The van der Waals surface area contributed by atoms with E-state index in [1.807, 2.05) is 0 Å². The molecule has 0 aliphatic carbocycles. The van der Waals surface area contributed by atoms with Crippen LogP contribution in [0, 0.1) is 5.82 Å². The first kappa shape index (κ1) is 15.9. The fourth-order valence-electron chi connectivity index (χ4n) is 1.48.